The van der Waals surface area contributed by atoms with Crippen molar-refractivity contribution in [1.82, 2.24) is 10.6 Å². The van der Waals surface area contributed by atoms with E-state index in [0.717, 1.165) is 0 Å². The monoisotopic (exact) mass is 267 g/mol. The summed E-state index contributed by atoms with van der Waals surface area (Å²) in [7, 11) is 0. The fourth-order valence-corrected chi connectivity index (χ4v) is 1.58. The molecule has 0 atom stereocenters. The van der Waals surface area contributed by atoms with E-state index < -0.39 is 11.8 Å². The molecule has 2 aromatic rings. The third kappa shape index (κ3) is 3.52. The summed E-state index contributed by atoms with van der Waals surface area (Å²) in [5, 5.41) is 12.2. The van der Waals surface area contributed by atoms with Gasteiger partial charge in [-0.3, -0.25) is 25.6 Å². The minimum absolute atomic E-state index is 0.354. The minimum Gasteiger partial charge on any atom is -0.292 e. The lowest BCUT2D eigenvalue weighted by atomic mass is 10.2. The number of guanidine groups is 1. The normalized spacial score (nSPS) is 9.60. The SMILES string of the molecule is N=C(NC(=O)c1ccccc1)NC(=O)c1ccccc1. The Balaban J connectivity index is 1.93. The summed E-state index contributed by atoms with van der Waals surface area (Å²) in [6.45, 7) is 0. The summed E-state index contributed by atoms with van der Waals surface area (Å²) in [6, 6.07) is 17.0. The first-order valence-corrected chi connectivity index (χ1v) is 5.98. The maximum atomic E-state index is 11.8. The average molecular weight is 267 g/mol. The molecule has 2 aromatic carbocycles. The van der Waals surface area contributed by atoms with Gasteiger partial charge in [0, 0.05) is 11.1 Å². The van der Waals surface area contributed by atoms with Gasteiger partial charge in [0.15, 0.2) is 0 Å². The Morgan fingerprint density at radius 3 is 1.40 bits per heavy atom. The van der Waals surface area contributed by atoms with Crippen LogP contribution >= 0.6 is 0 Å². The molecule has 3 N–H and O–H groups in total. The predicted octanol–water partition coefficient (Wildman–Crippen LogP) is 1.78. The van der Waals surface area contributed by atoms with Crippen LogP contribution in [0.3, 0.4) is 0 Å². The van der Waals surface area contributed by atoms with Crippen molar-refractivity contribution in [2.24, 2.45) is 0 Å². The van der Waals surface area contributed by atoms with Gasteiger partial charge in [0.2, 0.25) is 5.96 Å². The van der Waals surface area contributed by atoms with Crippen LogP contribution in [0.15, 0.2) is 60.7 Å². The first-order chi connectivity index (χ1) is 9.66. The molecule has 0 aliphatic carbocycles. The highest BCUT2D eigenvalue weighted by atomic mass is 16.2. The Morgan fingerprint density at radius 2 is 1.05 bits per heavy atom. The Morgan fingerprint density at radius 1 is 0.700 bits per heavy atom. The van der Waals surface area contributed by atoms with Gasteiger partial charge >= 0.3 is 0 Å². The number of benzene rings is 2. The Hall–Kier alpha value is -2.95. The van der Waals surface area contributed by atoms with Crippen molar-refractivity contribution in [3.63, 3.8) is 0 Å². The molecule has 0 aliphatic rings. The number of carbonyl (C=O) groups excluding carboxylic acids is 2. The molecule has 0 aliphatic heterocycles. The lowest BCUT2D eigenvalue weighted by Crippen LogP contribution is -2.43. The highest BCUT2D eigenvalue weighted by Crippen LogP contribution is 1.99. The van der Waals surface area contributed by atoms with E-state index in [1.165, 1.54) is 0 Å². The van der Waals surface area contributed by atoms with Crippen LogP contribution in [0.4, 0.5) is 0 Å². The third-order valence-corrected chi connectivity index (χ3v) is 2.55. The summed E-state index contributed by atoms with van der Waals surface area (Å²) in [5.74, 6) is -1.24. The molecule has 5 heteroatoms. The summed E-state index contributed by atoms with van der Waals surface area (Å²) in [4.78, 5) is 23.5. The molecule has 2 rings (SSSR count). The van der Waals surface area contributed by atoms with Crippen LogP contribution < -0.4 is 10.6 Å². The van der Waals surface area contributed by atoms with Crippen LogP contribution in [0.5, 0.6) is 0 Å². The molecule has 0 saturated carbocycles. The Kier molecular flexibility index (Phi) is 4.24. The highest BCUT2D eigenvalue weighted by molar-refractivity contribution is 6.11. The van der Waals surface area contributed by atoms with Crippen molar-refractivity contribution >= 4 is 17.8 Å². The molecule has 0 aromatic heterocycles. The molecule has 2 amide bonds. The zero-order valence-corrected chi connectivity index (χ0v) is 10.6. The molecule has 0 heterocycles. The van der Waals surface area contributed by atoms with Crippen LogP contribution in [0.25, 0.3) is 0 Å². The van der Waals surface area contributed by atoms with E-state index in [4.69, 9.17) is 5.41 Å². The fourth-order valence-electron chi connectivity index (χ4n) is 1.58. The second-order valence-corrected chi connectivity index (χ2v) is 4.02. The van der Waals surface area contributed by atoms with E-state index in [1.807, 2.05) is 0 Å². The standard InChI is InChI=1S/C15H13N3O2/c16-15(17-13(19)11-7-3-1-4-8-11)18-14(20)12-9-5-2-6-10-12/h1-10H,(H3,16,17,18,19,20). The molecular weight excluding hydrogens is 254 g/mol. The Labute approximate surface area is 116 Å². The van der Waals surface area contributed by atoms with E-state index in [2.05, 4.69) is 10.6 Å². The summed E-state index contributed by atoms with van der Waals surface area (Å²) in [5.41, 5.74) is 0.845. The van der Waals surface area contributed by atoms with Crippen molar-refractivity contribution in [3.8, 4) is 0 Å². The summed E-state index contributed by atoms with van der Waals surface area (Å²) in [6.07, 6.45) is 0. The quantitative estimate of drug-likeness (QED) is 0.572. The van der Waals surface area contributed by atoms with Gasteiger partial charge in [-0.15, -0.1) is 0 Å². The molecule has 0 saturated heterocycles. The van der Waals surface area contributed by atoms with E-state index >= 15 is 0 Å². The number of carbonyl (C=O) groups is 2. The van der Waals surface area contributed by atoms with E-state index in [0.29, 0.717) is 11.1 Å². The van der Waals surface area contributed by atoms with Gasteiger partial charge in [-0.25, -0.2) is 0 Å². The highest BCUT2D eigenvalue weighted by Gasteiger charge is 2.10. The van der Waals surface area contributed by atoms with Gasteiger partial charge in [0.05, 0.1) is 0 Å². The predicted molar refractivity (Wildman–Crippen MR) is 75.5 cm³/mol. The van der Waals surface area contributed by atoms with Crippen LogP contribution in [0.1, 0.15) is 20.7 Å². The van der Waals surface area contributed by atoms with Gasteiger partial charge in [-0.1, -0.05) is 36.4 Å². The van der Waals surface area contributed by atoms with Gasteiger partial charge in [-0.05, 0) is 24.3 Å². The lowest BCUT2D eigenvalue weighted by Gasteiger charge is -2.08. The number of rotatable bonds is 2. The summed E-state index contributed by atoms with van der Waals surface area (Å²) >= 11 is 0. The average Bonchev–Trinajstić information content (AvgIpc) is 2.49. The van der Waals surface area contributed by atoms with E-state index in [1.54, 1.807) is 60.7 Å². The third-order valence-electron chi connectivity index (χ3n) is 2.55. The van der Waals surface area contributed by atoms with Crippen molar-refractivity contribution < 1.29 is 9.59 Å². The van der Waals surface area contributed by atoms with Crippen molar-refractivity contribution in [1.29, 1.82) is 5.41 Å². The fraction of sp³-hybridized carbons (Fsp3) is 0. The molecule has 0 bridgehead atoms. The number of hydrogen-bond acceptors (Lipinski definition) is 3. The molecule has 5 nitrogen and oxygen atoms in total. The molecule has 0 radical (unpaired) electrons. The van der Waals surface area contributed by atoms with Gasteiger partial charge in [-0.2, -0.15) is 0 Å². The topological polar surface area (TPSA) is 82.1 Å². The van der Waals surface area contributed by atoms with Crippen LogP contribution in [0.2, 0.25) is 0 Å². The maximum Gasteiger partial charge on any atom is 0.257 e. The van der Waals surface area contributed by atoms with E-state index in [-0.39, 0.29) is 5.96 Å². The van der Waals surface area contributed by atoms with Crippen LogP contribution in [-0.2, 0) is 0 Å². The molecule has 0 unspecified atom stereocenters. The second-order valence-electron chi connectivity index (χ2n) is 4.02. The molecule has 0 fully saturated rings. The second kappa shape index (κ2) is 6.29. The van der Waals surface area contributed by atoms with Gasteiger partial charge in [0.25, 0.3) is 11.8 Å². The maximum absolute atomic E-state index is 11.8. The zero-order valence-electron chi connectivity index (χ0n) is 10.6. The first kappa shape index (κ1) is 13.5. The number of amides is 2. The smallest absolute Gasteiger partial charge is 0.257 e. The summed E-state index contributed by atoms with van der Waals surface area (Å²) < 4.78 is 0. The van der Waals surface area contributed by atoms with Crippen LogP contribution in [-0.4, -0.2) is 17.8 Å². The number of nitrogens with one attached hydrogen (secondary N) is 3. The molecular formula is C15H13N3O2. The molecule has 0 spiro atoms. The molecule has 20 heavy (non-hydrogen) atoms. The Bertz CT molecular complexity index is 569. The van der Waals surface area contributed by atoms with Crippen LogP contribution in [0, 0.1) is 5.41 Å². The minimum atomic E-state index is -0.441. The van der Waals surface area contributed by atoms with Crippen molar-refractivity contribution in [2.45, 2.75) is 0 Å². The van der Waals surface area contributed by atoms with E-state index in [9.17, 15) is 9.59 Å². The lowest BCUT2D eigenvalue weighted by molar-refractivity contribution is 0.0966. The largest absolute Gasteiger partial charge is 0.292 e. The zero-order chi connectivity index (χ0) is 14.4. The first-order valence-electron chi connectivity index (χ1n) is 5.98. The van der Waals surface area contributed by atoms with Crippen molar-refractivity contribution in [3.05, 3.63) is 71.8 Å². The molecule has 100 valence electrons. The van der Waals surface area contributed by atoms with Crippen molar-refractivity contribution in [2.75, 3.05) is 0 Å². The number of hydrogen-bond donors (Lipinski definition) is 3. The van der Waals surface area contributed by atoms with Gasteiger partial charge < -0.3 is 0 Å². The van der Waals surface area contributed by atoms with Gasteiger partial charge in [0.1, 0.15) is 0 Å².